The summed E-state index contributed by atoms with van der Waals surface area (Å²) in [6.07, 6.45) is 1.23. The van der Waals surface area contributed by atoms with Crippen molar-refractivity contribution in [1.82, 2.24) is 4.90 Å². The van der Waals surface area contributed by atoms with Crippen LogP contribution in [0.1, 0.15) is 34.8 Å². The Labute approximate surface area is 182 Å². The van der Waals surface area contributed by atoms with Gasteiger partial charge in [0, 0.05) is 24.8 Å². The predicted octanol–water partition coefficient (Wildman–Crippen LogP) is 5.08. The van der Waals surface area contributed by atoms with Crippen LogP contribution in [0.15, 0.2) is 78.9 Å². The number of likely N-dealkylation sites (N-methyl/N-ethyl adjacent to an activating group) is 1. The van der Waals surface area contributed by atoms with E-state index in [-0.39, 0.29) is 24.2 Å². The summed E-state index contributed by atoms with van der Waals surface area (Å²) in [4.78, 5) is 28.9. The molecule has 0 aromatic heterocycles. The maximum absolute atomic E-state index is 13.7. The Kier molecular flexibility index (Phi) is 7.55. The Hall–Kier alpha value is -3.47. The normalized spacial score (nSPS) is 10.5. The number of rotatable bonds is 8. The molecular formula is C26H27FN2O2. The van der Waals surface area contributed by atoms with Gasteiger partial charge in [0.05, 0.1) is 13.0 Å². The summed E-state index contributed by atoms with van der Waals surface area (Å²) in [5, 5.41) is 0. The maximum atomic E-state index is 13.7. The molecule has 0 N–H and O–H groups in total. The Morgan fingerprint density at radius 1 is 0.871 bits per heavy atom. The molecule has 0 saturated heterocycles. The molecule has 3 aromatic carbocycles. The van der Waals surface area contributed by atoms with Crippen molar-refractivity contribution in [2.24, 2.45) is 0 Å². The molecule has 31 heavy (non-hydrogen) atoms. The number of carbonyl (C=O) groups is 2. The van der Waals surface area contributed by atoms with Crippen LogP contribution in [0.3, 0.4) is 0 Å². The van der Waals surface area contributed by atoms with E-state index in [4.69, 9.17) is 0 Å². The number of amides is 2. The summed E-state index contributed by atoms with van der Waals surface area (Å²) < 4.78 is 13.7. The van der Waals surface area contributed by atoms with Crippen molar-refractivity contribution < 1.29 is 14.0 Å². The minimum Gasteiger partial charge on any atom is -0.345 e. The molecule has 0 radical (unpaired) electrons. The number of anilines is 1. The van der Waals surface area contributed by atoms with Crippen LogP contribution in [0.5, 0.6) is 0 Å². The smallest absolute Gasteiger partial charge is 0.258 e. The molecule has 0 unspecified atom stereocenters. The first-order valence-electron chi connectivity index (χ1n) is 10.4. The lowest BCUT2D eigenvalue weighted by Crippen LogP contribution is -2.30. The molecule has 4 nitrogen and oxygen atoms in total. The lowest BCUT2D eigenvalue weighted by atomic mass is 10.1. The number of halogens is 1. The zero-order chi connectivity index (χ0) is 22.2. The second kappa shape index (κ2) is 10.5. The number of hydrogen-bond donors (Lipinski definition) is 0. The predicted molar refractivity (Wildman–Crippen MR) is 121 cm³/mol. The first-order valence-corrected chi connectivity index (χ1v) is 10.4. The summed E-state index contributed by atoms with van der Waals surface area (Å²) in [6, 6.07) is 22.7. The van der Waals surface area contributed by atoms with Crippen LogP contribution in [-0.2, 0) is 17.8 Å². The van der Waals surface area contributed by atoms with Gasteiger partial charge in [0.25, 0.3) is 5.91 Å². The summed E-state index contributed by atoms with van der Waals surface area (Å²) in [5.41, 5.74) is 2.83. The number of benzene rings is 3. The second-order valence-electron chi connectivity index (χ2n) is 7.55. The average molecular weight is 419 g/mol. The van der Waals surface area contributed by atoms with Crippen LogP contribution in [0.2, 0.25) is 0 Å². The van der Waals surface area contributed by atoms with E-state index in [1.54, 1.807) is 41.1 Å². The standard InChI is InChI=1S/C26H27FN2O2/c1-3-16-28(2)25(30)18-20-12-14-24(15-13-20)29(19-21-8-7-11-23(27)17-21)26(31)22-9-5-4-6-10-22/h4-15,17H,3,16,18-19H2,1-2H3. The van der Waals surface area contributed by atoms with E-state index in [2.05, 4.69) is 0 Å². The van der Waals surface area contributed by atoms with E-state index in [1.807, 2.05) is 49.4 Å². The van der Waals surface area contributed by atoms with Gasteiger partial charge in [-0.3, -0.25) is 9.59 Å². The van der Waals surface area contributed by atoms with E-state index in [9.17, 15) is 14.0 Å². The van der Waals surface area contributed by atoms with E-state index < -0.39 is 0 Å². The van der Waals surface area contributed by atoms with Crippen molar-refractivity contribution >= 4 is 17.5 Å². The molecule has 3 aromatic rings. The van der Waals surface area contributed by atoms with Gasteiger partial charge in [-0.25, -0.2) is 4.39 Å². The molecule has 0 fully saturated rings. The van der Waals surface area contributed by atoms with Gasteiger partial charge in [-0.2, -0.15) is 0 Å². The van der Waals surface area contributed by atoms with Gasteiger partial charge in [-0.1, -0.05) is 49.4 Å². The molecule has 0 aliphatic heterocycles. The highest BCUT2D eigenvalue weighted by molar-refractivity contribution is 6.06. The Bertz CT molecular complexity index is 1020. The van der Waals surface area contributed by atoms with E-state index in [0.717, 1.165) is 18.5 Å². The van der Waals surface area contributed by atoms with Gasteiger partial charge in [0.2, 0.25) is 5.91 Å². The topological polar surface area (TPSA) is 40.6 Å². The van der Waals surface area contributed by atoms with Crippen LogP contribution in [0.4, 0.5) is 10.1 Å². The number of hydrogen-bond acceptors (Lipinski definition) is 2. The molecule has 0 saturated carbocycles. The molecule has 0 bridgehead atoms. The van der Waals surface area contributed by atoms with Gasteiger partial charge in [0.15, 0.2) is 0 Å². The molecule has 0 atom stereocenters. The van der Waals surface area contributed by atoms with Gasteiger partial charge in [-0.15, -0.1) is 0 Å². The van der Waals surface area contributed by atoms with Crippen molar-refractivity contribution in [3.8, 4) is 0 Å². The molecule has 2 amide bonds. The minimum atomic E-state index is -0.338. The highest BCUT2D eigenvalue weighted by Crippen LogP contribution is 2.22. The third-order valence-electron chi connectivity index (χ3n) is 5.08. The SMILES string of the molecule is CCCN(C)C(=O)Cc1ccc(N(Cc2cccc(F)c2)C(=O)c2ccccc2)cc1. The quantitative estimate of drug-likeness (QED) is 0.512. The first kappa shape index (κ1) is 22.2. The van der Waals surface area contributed by atoms with Crippen LogP contribution in [0, 0.1) is 5.82 Å². The molecule has 3 rings (SSSR count). The van der Waals surface area contributed by atoms with Crippen LogP contribution in [0.25, 0.3) is 0 Å². The van der Waals surface area contributed by atoms with Crippen molar-refractivity contribution in [3.05, 3.63) is 101 Å². The van der Waals surface area contributed by atoms with Crippen LogP contribution >= 0.6 is 0 Å². The molecule has 0 heterocycles. The Morgan fingerprint density at radius 3 is 2.23 bits per heavy atom. The van der Waals surface area contributed by atoms with Gasteiger partial charge < -0.3 is 9.80 Å². The number of carbonyl (C=O) groups excluding carboxylic acids is 2. The first-order chi connectivity index (χ1) is 15.0. The molecular weight excluding hydrogens is 391 g/mol. The molecule has 160 valence electrons. The van der Waals surface area contributed by atoms with Crippen molar-refractivity contribution in [3.63, 3.8) is 0 Å². The fraction of sp³-hybridized carbons (Fsp3) is 0.231. The Balaban J connectivity index is 1.84. The van der Waals surface area contributed by atoms with E-state index in [1.165, 1.54) is 12.1 Å². The second-order valence-corrected chi connectivity index (χ2v) is 7.55. The molecule has 0 spiro atoms. The number of nitrogens with zero attached hydrogens (tertiary/aromatic N) is 2. The summed E-state index contributed by atoms with van der Waals surface area (Å²) >= 11 is 0. The molecule has 0 aliphatic rings. The highest BCUT2D eigenvalue weighted by Gasteiger charge is 2.19. The van der Waals surface area contributed by atoms with Gasteiger partial charge >= 0.3 is 0 Å². The summed E-state index contributed by atoms with van der Waals surface area (Å²) in [6.45, 7) is 3.00. The van der Waals surface area contributed by atoms with Gasteiger partial charge in [0.1, 0.15) is 5.82 Å². The average Bonchev–Trinajstić information content (AvgIpc) is 2.78. The summed E-state index contributed by atoms with van der Waals surface area (Å²) in [7, 11) is 1.81. The van der Waals surface area contributed by atoms with Gasteiger partial charge in [-0.05, 0) is 53.9 Å². The molecule has 5 heteroatoms. The van der Waals surface area contributed by atoms with Crippen molar-refractivity contribution in [2.75, 3.05) is 18.5 Å². The third kappa shape index (κ3) is 6.01. The summed E-state index contributed by atoms with van der Waals surface area (Å²) in [5.74, 6) is -0.447. The third-order valence-corrected chi connectivity index (χ3v) is 5.08. The Morgan fingerprint density at radius 2 is 1.58 bits per heavy atom. The zero-order valence-corrected chi connectivity index (χ0v) is 17.9. The van der Waals surface area contributed by atoms with Crippen molar-refractivity contribution in [1.29, 1.82) is 0 Å². The maximum Gasteiger partial charge on any atom is 0.258 e. The zero-order valence-electron chi connectivity index (χ0n) is 17.9. The van der Waals surface area contributed by atoms with Crippen LogP contribution in [-0.4, -0.2) is 30.3 Å². The van der Waals surface area contributed by atoms with E-state index >= 15 is 0 Å². The molecule has 0 aliphatic carbocycles. The lowest BCUT2D eigenvalue weighted by Gasteiger charge is -2.24. The lowest BCUT2D eigenvalue weighted by molar-refractivity contribution is -0.129. The largest absolute Gasteiger partial charge is 0.345 e. The fourth-order valence-corrected chi connectivity index (χ4v) is 3.40. The van der Waals surface area contributed by atoms with Crippen LogP contribution < -0.4 is 4.90 Å². The van der Waals surface area contributed by atoms with Crippen molar-refractivity contribution in [2.45, 2.75) is 26.3 Å². The minimum absolute atomic E-state index is 0.0616. The monoisotopic (exact) mass is 418 g/mol. The van der Waals surface area contributed by atoms with E-state index in [0.29, 0.717) is 23.2 Å². The fourth-order valence-electron chi connectivity index (χ4n) is 3.40. The highest BCUT2D eigenvalue weighted by atomic mass is 19.1.